The molecule has 66 valence electrons. The molecule has 4 heteroatoms. The van der Waals surface area contributed by atoms with Crippen LogP contribution >= 0.6 is 0 Å². The Morgan fingerprint density at radius 2 is 2.09 bits per heavy atom. The maximum absolute atomic E-state index is 10.5. The molecule has 0 aromatic heterocycles. The van der Waals surface area contributed by atoms with Crippen molar-refractivity contribution < 1.29 is 14.3 Å². The van der Waals surface area contributed by atoms with E-state index >= 15 is 0 Å². The second kappa shape index (κ2) is 6.12. The number of esters is 1. The fourth-order valence-electron chi connectivity index (χ4n) is 0.462. The molecule has 0 rings (SSSR count). The topological polar surface area (TPSA) is 38.8 Å². The van der Waals surface area contributed by atoms with Gasteiger partial charge in [0, 0.05) is 6.54 Å². The van der Waals surface area contributed by atoms with Gasteiger partial charge in [0.05, 0.1) is 13.7 Å². The first-order valence-corrected chi connectivity index (χ1v) is 3.46. The van der Waals surface area contributed by atoms with Gasteiger partial charge in [0.15, 0.2) is 0 Å². The lowest BCUT2D eigenvalue weighted by atomic mass is 10.6. The Labute approximate surface area is 67.1 Å². The second-order valence-electron chi connectivity index (χ2n) is 2.43. The third kappa shape index (κ3) is 7.29. The molecule has 0 radical (unpaired) electrons. The smallest absolute Gasteiger partial charge is 0.331 e. The first-order valence-electron chi connectivity index (χ1n) is 3.46. The van der Waals surface area contributed by atoms with E-state index in [-0.39, 0.29) is 12.6 Å². The fraction of sp³-hybridized carbons (Fsp3) is 0.857. The second-order valence-corrected chi connectivity index (χ2v) is 2.43. The van der Waals surface area contributed by atoms with Crippen LogP contribution in [-0.2, 0) is 14.3 Å². The Morgan fingerprint density at radius 3 is 2.55 bits per heavy atom. The van der Waals surface area contributed by atoms with Crippen LogP contribution in [0.1, 0.15) is 0 Å². The molecule has 0 aromatic carbocycles. The van der Waals surface area contributed by atoms with Gasteiger partial charge in [-0.25, -0.2) is 4.79 Å². The average Bonchev–Trinajstić information content (AvgIpc) is 1.97. The monoisotopic (exact) mass is 161 g/mol. The van der Waals surface area contributed by atoms with Crippen LogP contribution in [0, 0.1) is 0 Å². The minimum absolute atomic E-state index is 0.0460. The summed E-state index contributed by atoms with van der Waals surface area (Å²) in [5.74, 6) is -0.330. The molecule has 0 spiro atoms. The van der Waals surface area contributed by atoms with Gasteiger partial charge in [-0.3, -0.25) is 0 Å². The summed E-state index contributed by atoms with van der Waals surface area (Å²) >= 11 is 0. The summed E-state index contributed by atoms with van der Waals surface area (Å²) in [5.41, 5.74) is 0. The maximum Gasteiger partial charge on any atom is 0.331 e. The summed E-state index contributed by atoms with van der Waals surface area (Å²) in [4.78, 5) is 12.5. The van der Waals surface area contributed by atoms with E-state index in [1.807, 2.05) is 19.0 Å². The normalized spacial score (nSPS) is 10.2. The van der Waals surface area contributed by atoms with Crippen LogP contribution in [0.2, 0.25) is 0 Å². The number of carbonyl (C=O) groups is 1. The molecule has 0 aliphatic rings. The van der Waals surface area contributed by atoms with E-state index in [2.05, 4.69) is 4.74 Å². The Balaban J connectivity index is 3.08. The number of ether oxygens (including phenoxy) is 2. The van der Waals surface area contributed by atoms with Crippen LogP contribution in [-0.4, -0.2) is 51.8 Å². The first kappa shape index (κ1) is 10.4. The van der Waals surface area contributed by atoms with Gasteiger partial charge in [0.2, 0.25) is 0 Å². The molecule has 0 N–H and O–H groups in total. The first-order chi connectivity index (χ1) is 5.16. The van der Waals surface area contributed by atoms with Gasteiger partial charge in [-0.1, -0.05) is 0 Å². The fourth-order valence-corrected chi connectivity index (χ4v) is 0.462. The molecule has 0 fully saturated rings. The zero-order valence-corrected chi connectivity index (χ0v) is 7.29. The molecule has 0 saturated carbocycles. The summed E-state index contributed by atoms with van der Waals surface area (Å²) in [6.07, 6.45) is 0. The molecular weight excluding hydrogens is 146 g/mol. The lowest BCUT2D eigenvalue weighted by Gasteiger charge is -2.08. The number of rotatable bonds is 5. The molecule has 0 aliphatic carbocycles. The van der Waals surface area contributed by atoms with Crippen molar-refractivity contribution in [2.75, 3.05) is 41.0 Å². The van der Waals surface area contributed by atoms with Gasteiger partial charge in [-0.15, -0.1) is 0 Å². The quantitative estimate of drug-likeness (QED) is 0.411. The zero-order chi connectivity index (χ0) is 8.69. The van der Waals surface area contributed by atoms with Crippen molar-refractivity contribution in [1.82, 2.24) is 4.90 Å². The van der Waals surface area contributed by atoms with Crippen molar-refractivity contribution in [1.29, 1.82) is 0 Å². The largest absolute Gasteiger partial charge is 0.467 e. The van der Waals surface area contributed by atoms with Gasteiger partial charge >= 0.3 is 5.97 Å². The number of hydrogen-bond acceptors (Lipinski definition) is 4. The lowest BCUT2D eigenvalue weighted by molar-refractivity contribution is -0.145. The molecule has 4 nitrogen and oxygen atoms in total. The molecule has 0 saturated heterocycles. The highest BCUT2D eigenvalue weighted by Gasteiger charge is 1.98. The van der Waals surface area contributed by atoms with Crippen LogP contribution in [0.4, 0.5) is 0 Å². The Kier molecular flexibility index (Phi) is 5.78. The van der Waals surface area contributed by atoms with Crippen LogP contribution in [0.5, 0.6) is 0 Å². The molecule has 0 amide bonds. The van der Waals surface area contributed by atoms with Gasteiger partial charge in [-0.2, -0.15) is 0 Å². The Morgan fingerprint density at radius 1 is 1.45 bits per heavy atom. The Hall–Kier alpha value is -0.610. The highest BCUT2D eigenvalue weighted by atomic mass is 16.6. The SMILES string of the molecule is COC(=O)COCCN(C)C. The predicted molar refractivity (Wildman–Crippen MR) is 41.4 cm³/mol. The molecule has 11 heavy (non-hydrogen) atoms. The van der Waals surface area contributed by atoms with Gasteiger partial charge in [-0.05, 0) is 14.1 Å². The minimum atomic E-state index is -0.330. The molecule has 0 aromatic rings. The highest BCUT2D eigenvalue weighted by molar-refractivity contribution is 5.70. The van der Waals surface area contributed by atoms with Crippen LogP contribution < -0.4 is 0 Å². The zero-order valence-electron chi connectivity index (χ0n) is 7.29. The van der Waals surface area contributed by atoms with Crippen molar-refractivity contribution in [3.63, 3.8) is 0 Å². The third-order valence-electron chi connectivity index (χ3n) is 1.13. The van der Waals surface area contributed by atoms with Crippen LogP contribution in [0.25, 0.3) is 0 Å². The van der Waals surface area contributed by atoms with Crippen molar-refractivity contribution >= 4 is 5.97 Å². The van der Waals surface area contributed by atoms with Crippen molar-refractivity contribution in [3.05, 3.63) is 0 Å². The maximum atomic E-state index is 10.5. The summed E-state index contributed by atoms with van der Waals surface area (Å²) in [5, 5.41) is 0. The third-order valence-corrected chi connectivity index (χ3v) is 1.13. The lowest BCUT2D eigenvalue weighted by Crippen LogP contribution is -2.20. The molecule has 0 bridgehead atoms. The molecule has 0 aliphatic heterocycles. The number of hydrogen-bond donors (Lipinski definition) is 0. The summed E-state index contributed by atoms with van der Waals surface area (Å²) in [7, 11) is 5.24. The van der Waals surface area contributed by atoms with Gasteiger partial charge in [0.25, 0.3) is 0 Å². The van der Waals surface area contributed by atoms with E-state index in [1.165, 1.54) is 7.11 Å². The van der Waals surface area contributed by atoms with Crippen LogP contribution in [0.3, 0.4) is 0 Å². The number of methoxy groups -OCH3 is 1. The van der Waals surface area contributed by atoms with Gasteiger partial charge < -0.3 is 14.4 Å². The van der Waals surface area contributed by atoms with E-state index in [1.54, 1.807) is 0 Å². The molecular formula is C7H15NO3. The van der Waals surface area contributed by atoms with Crippen molar-refractivity contribution in [2.45, 2.75) is 0 Å². The Bertz CT molecular complexity index is 114. The number of carbonyl (C=O) groups excluding carboxylic acids is 1. The average molecular weight is 161 g/mol. The summed E-state index contributed by atoms with van der Waals surface area (Å²) in [6, 6.07) is 0. The molecule has 0 heterocycles. The molecule has 0 unspecified atom stereocenters. The summed E-state index contributed by atoms with van der Waals surface area (Å²) in [6.45, 7) is 1.42. The van der Waals surface area contributed by atoms with Gasteiger partial charge in [0.1, 0.15) is 6.61 Å². The molecule has 0 atom stereocenters. The summed E-state index contributed by atoms with van der Waals surface area (Å²) < 4.78 is 9.36. The minimum Gasteiger partial charge on any atom is -0.467 e. The predicted octanol–water partition coefficient (Wildman–Crippen LogP) is -0.262. The van der Waals surface area contributed by atoms with E-state index in [0.29, 0.717) is 6.61 Å². The van der Waals surface area contributed by atoms with Crippen LogP contribution in [0.15, 0.2) is 0 Å². The van der Waals surface area contributed by atoms with E-state index < -0.39 is 0 Å². The van der Waals surface area contributed by atoms with Crippen molar-refractivity contribution in [2.24, 2.45) is 0 Å². The van der Waals surface area contributed by atoms with Crippen molar-refractivity contribution in [3.8, 4) is 0 Å². The van der Waals surface area contributed by atoms with E-state index in [4.69, 9.17) is 4.74 Å². The van der Waals surface area contributed by atoms with E-state index in [0.717, 1.165) is 6.54 Å². The number of likely N-dealkylation sites (N-methyl/N-ethyl adjacent to an activating group) is 1. The highest BCUT2D eigenvalue weighted by Crippen LogP contribution is 1.80. The number of nitrogens with zero attached hydrogens (tertiary/aromatic N) is 1. The van der Waals surface area contributed by atoms with E-state index in [9.17, 15) is 4.79 Å². The standard InChI is InChI=1S/C7H15NO3/c1-8(2)4-5-11-6-7(9)10-3/h4-6H2,1-3H3.